The molecule has 0 bridgehead atoms. The van der Waals surface area contributed by atoms with Gasteiger partial charge in [0.25, 0.3) is 0 Å². The van der Waals surface area contributed by atoms with Crippen molar-refractivity contribution in [2.75, 3.05) is 0 Å². The first-order chi connectivity index (χ1) is 5.89. The van der Waals surface area contributed by atoms with Gasteiger partial charge in [0.15, 0.2) is 0 Å². The van der Waals surface area contributed by atoms with E-state index in [0.29, 0.717) is 16.6 Å². The Kier molecular flexibility index (Phi) is 5.17. The molecule has 0 aromatic carbocycles. The summed E-state index contributed by atoms with van der Waals surface area (Å²) >= 11 is 4.07. The van der Waals surface area contributed by atoms with Crippen molar-refractivity contribution in [1.82, 2.24) is 0 Å². The molecule has 0 atom stereocenters. The molecule has 0 amide bonds. The summed E-state index contributed by atoms with van der Waals surface area (Å²) in [5, 5.41) is 2.86. The smallest absolute Gasteiger partial charge is 0.119 e. The van der Waals surface area contributed by atoms with Gasteiger partial charge in [0.1, 0.15) is 8.07 Å². The third-order valence-corrected chi connectivity index (χ3v) is 9.75. The van der Waals surface area contributed by atoms with Gasteiger partial charge in [-0.2, -0.15) is 0 Å². The standard InChI is InChI=1S/C11H22SSi/c1-9(2)13(8-7-12,10(3)4)11(5)6/h9-12H,1-6H3. The van der Waals surface area contributed by atoms with E-state index in [1.165, 1.54) is 0 Å². The third-order valence-electron chi connectivity index (χ3n) is 3.14. The first-order valence-electron chi connectivity index (χ1n) is 5.05. The molecule has 0 heterocycles. The Labute approximate surface area is 89.9 Å². The molecule has 0 fully saturated rings. The Morgan fingerprint density at radius 1 is 0.846 bits per heavy atom. The molecule has 13 heavy (non-hydrogen) atoms. The van der Waals surface area contributed by atoms with Crippen LogP contribution in [0.3, 0.4) is 0 Å². The Hall–Kier alpha value is 0.127. The fourth-order valence-electron chi connectivity index (χ4n) is 2.53. The lowest BCUT2D eigenvalue weighted by molar-refractivity contribution is 0.838. The summed E-state index contributed by atoms with van der Waals surface area (Å²) in [6, 6.07) is 0. The van der Waals surface area contributed by atoms with Gasteiger partial charge in [-0.25, -0.2) is 0 Å². The molecule has 0 saturated heterocycles. The normalized spacial score (nSPS) is 12.2. The molecule has 0 aliphatic heterocycles. The van der Waals surface area contributed by atoms with E-state index < -0.39 is 8.07 Å². The minimum atomic E-state index is -1.47. The van der Waals surface area contributed by atoms with Crippen LogP contribution < -0.4 is 0 Å². The Bertz CT molecular complexity index is 186. The second-order valence-corrected chi connectivity index (χ2v) is 10.4. The molecular formula is C11H22SSi. The van der Waals surface area contributed by atoms with Crippen LogP contribution in [0.5, 0.6) is 0 Å². The number of hydrogen-bond donors (Lipinski definition) is 1. The summed E-state index contributed by atoms with van der Waals surface area (Å²) in [6.45, 7) is 13.9. The second-order valence-electron chi connectivity index (χ2n) is 4.63. The average molecular weight is 214 g/mol. The van der Waals surface area contributed by atoms with Crippen LogP contribution in [-0.2, 0) is 0 Å². The SMILES string of the molecule is CC(C)[Si](C#CS)(C(C)C)C(C)C. The fraction of sp³-hybridized carbons (Fsp3) is 0.818. The minimum Gasteiger partial charge on any atom is -0.119 e. The molecule has 0 N–H and O–H groups in total. The highest BCUT2D eigenvalue weighted by Crippen LogP contribution is 2.40. The zero-order valence-electron chi connectivity index (χ0n) is 9.68. The van der Waals surface area contributed by atoms with Crippen LogP contribution in [0.4, 0.5) is 0 Å². The van der Waals surface area contributed by atoms with E-state index in [0.717, 1.165) is 0 Å². The first-order valence-corrected chi connectivity index (χ1v) is 7.73. The summed E-state index contributed by atoms with van der Waals surface area (Å²) in [6.07, 6.45) is 0. The lowest BCUT2D eigenvalue weighted by Gasteiger charge is -2.37. The summed E-state index contributed by atoms with van der Waals surface area (Å²) in [5.74, 6) is 0. The molecule has 0 rings (SSSR count). The number of hydrogen-bond acceptors (Lipinski definition) is 1. The van der Waals surface area contributed by atoms with Crippen molar-refractivity contribution in [2.45, 2.75) is 58.2 Å². The van der Waals surface area contributed by atoms with Crippen molar-refractivity contribution in [1.29, 1.82) is 0 Å². The van der Waals surface area contributed by atoms with Gasteiger partial charge in [-0.15, -0.1) is 5.54 Å². The van der Waals surface area contributed by atoms with Gasteiger partial charge in [-0.05, 0) is 21.9 Å². The van der Waals surface area contributed by atoms with Crippen molar-refractivity contribution >= 4 is 20.7 Å². The predicted octanol–water partition coefficient (Wildman–Crippen LogP) is 4.10. The fourth-order valence-corrected chi connectivity index (χ4v) is 8.17. The van der Waals surface area contributed by atoms with Gasteiger partial charge in [-0.1, -0.05) is 54.2 Å². The maximum atomic E-state index is 4.07. The van der Waals surface area contributed by atoms with Crippen LogP contribution in [0, 0.1) is 10.8 Å². The molecule has 0 aromatic rings. The first kappa shape index (κ1) is 13.1. The molecule has 0 aliphatic rings. The Morgan fingerprint density at radius 2 is 1.15 bits per heavy atom. The topological polar surface area (TPSA) is 0 Å². The van der Waals surface area contributed by atoms with E-state index >= 15 is 0 Å². The van der Waals surface area contributed by atoms with E-state index in [2.05, 4.69) is 65.0 Å². The minimum absolute atomic E-state index is 0.715. The average Bonchev–Trinajstić information content (AvgIpc) is 1.97. The Morgan fingerprint density at radius 3 is 1.23 bits per heavy atom. The van der Waals surface area contributed by atoms with Crippen LogP contribution in [-0.4, -0.2) is 8.07 Å². The Balaban J connectivity index is 5.14. The monoisotopic (exact) mass is 214 g/mol. The van der Waals surface area contributed by atoms with Crippen LogP contribution >= 0.6 is 12.6 Å². The predicted molar refractivity (Wildman–Crippen MR) is 67.8 cm³/mol. The summed E-state index contributed by atoms with van der Waals surface area (Å²) in [5.41, 5.74) is 5.59. The van der Waals surface area contributed by atoms with E-state index in [-0.39, 0.29) is 0 Å². The molecule has 0 saturated carbocycles. The molecule has 76 valence electrons. The zero-order valence-corrected chi connectivity index (χ0v) is 11.6. The number of rotatable bonds is 3. The molecule has 0 spiro atoms. The van der Waals surface area contributed by atoms with Gasteiger partial charge in [0.2, 0.25) is 0 Å². The van der Waals surface area contributed by atoms with Crippen LogP contribution in [0.2, 0.25) is 16.6 Å². The second kappa shape index (κ2) is 5.12. The molecule has 0 aromatic heterocycles. The summed E-state index contributed by atoms with van der Waals surface area (Å²) in [7, 11) is -1.47. The third kappa shape index (κ3) is 2.54. The maximum absolute atomic E-state index is 4.07. The van der Waals surface area contributed by atoms with E-state index in [9.17, 15) is 0 Å². The van der Waals surface area contributed by atoms with E-state index in [1.54, 1.807) is 0 Å². The van der Waals surface area contributed by atoms with Crippen molar-refractivity contribution in [3.05, 3.63) is 0 Å². The van der Waals surface area contributed by atoms with Crippen molar-refractivity contribution in [3.63, 3.8) is 0 Å². The van der Waals surface area contributed by atoms with Gasteiger partial charge in [0.05, 0.1) is 0 Å². The van der Waals surface area contributed by atoms with Crippen LogP contribution in [0.25, 0.3) is 0 Å². The van der Waals surface area contributed by atoms with Crippen LogP contribution in [0.15, 0.2) is 0 Å². The largest absolute Gasteiger partial charge is 0.147 e. The molecule has 0 nitrogen and oxygen atoms in total. The number of thiol groups is 1. The lowest BCUT2D eigenvalue weighted by atomic mass is 10.5. The highest BCUT2D eigenvalue weighted by molar-refractivity contribution is 7.85. The van der Waals surface area contributed by atoms with Crippen molar-refractivity contribution in [3.8, 4) is 10.8 Å². The molecule has 0 radical (unpaired) electrons. The van der Waals surface area contributed by atoms with Gasteiger partial charge >= 0.3 is 0 Å². The zero-order chi connectivity index (χ0) is 10.6. The van der Waals surface area contributed by atoms with E-state index in [1.807, 2.05) is 0 Å². The summed E-state index contributed by atoms with van der Waals surface area (Å²) in [4.78, 5) is 0. The molecule has 0 aliphatic carbocycles. The quantitative estimate of drug-likeness (QED) is 0.408. The molecular weight excluding hydrogens is 192 g/mol. The maximum Gasteiger partial charge on any atom is 0.147 e. The lowest BCUT2D eigenvalue weighted by Crippen LogP contribution is -2.43. The van der Waals surface area contributed by atoms with Gasteiger partial charge in [-0.3, -0.25) is 0 Å². The van der Waals surface area contributed by atoms with Gasteiger partial charge < -0.3 is 0 Å². The van der Waals surface area contributed by atoms with Crippen molar-refractivity contribution < 1.29 is 0 Å². The molecule has 2 heteroatoms. The van der Waals surface area contributed by atoms with Crippen LogP contribution in [0.1, 0.15) is 41.5 Å². The van der Waals surface area contributed by atoms with Crippen molar-refractivity contribution in [2.24, 2.45) is 0 Å². The highest BCUT2D eigenvalue weighted by atomic mass is 32.1. The van der Waals surface area contributed by atoms with E-state index in [4.69, 9.17) is 0 Å². The molecule has 0 unspecified atom stereocenters. The summed E-state index contributed by atoms with van der Waals surface area (Å²) < 4.78 is 0. The highest BCUT2D eigenvalue weighted by Gasteiger charge is 2.41. The van der Waals surface area contributed by atoms with Gasteiger partial charge in [0, 0.05) is 0 Å².